The minimum Gasteiger partial charge on any atom is -0.463 e. The standard InChI is InChI=1S/C19H20O2/c1-4-21-19(20)15(3)14(2)16-10-12-18(13-11-16)17-8-6-5-7-9-17/h5-13H,4H2,1-3H3/b15-14-. The topological polar surface area (TPSA) is 26.3 Å². The Hall–Kier alpha value is -2.35. The molecule has 0 aliphatic rings. The minimum absolute atomic E-state index is 0.248. The fourth-order valence-corrected chi connectivity index (χ4v) is 2.15. The quantitative estimate of drug-likeness (QED) is 0.599. The summed E-state index contributed by atoms with van der Waals surface area (Å²) >= 11 is 0. The van der Waals surface area contributed by atoms with Crippen LogP contribution < -0.4 is 0 Å². The first-order chi connectivity index (χ1) is 10.1. The predicted molar refractivity (Wildman–Crippen MR) is 86.8 cm³/mol. The average Bonchev–Trinajstić information content (AvgIpc) is 2.54. The molecular weight excluding hydrogens is 260 g/mol. The summed E-state index contributed by atoms with van der Waals surface area (Å²) in [5.74, 6) is -0.248. The van der Waals surface area contributed by atoms with Gasteiger partial charge in [0.2, 0.25) is 0 Å². The number of hydrogen-bond donors (Lipinski definition) is 0. The summed E-state index contributed by atoms with van der Waals surface area (Å²) in [6.45, 7) is 5.97. The van der Waals surface area contributed by atoms with Crippen LogP contribution in [0.1, 0.15) is 26.3 Å². The number of hydrogen-bond acceptors (Lipinski definition) is 2. The van der Waals surface area contributed by atoms with Gasteiger partial charge in [-0.05, 0) is 43.0 Å². The SMILES string of the molecule is CCOC(=O)/C(C)=C(/C)c1ccc(-c2ccccc2)cc1. The van der Waals surface area contributed by atoms with E-state index in [1.165, 1.54) is 11.1 Å². The zero-order valence-corrected chi connectivity index (χ0v) is 12.7. The van der Waals surface area contributed by atoms with Crippen LogP contribution in [-0.2, 0) is 9.53 Å². The summed E-state index contributed by atoms with van der Waals surface area (Å²) in [4.78, 5) is 11.8. The third-order valence-corrected chi connectivity index (χ3v) is 3.57. The zero-order chi connectivity index (χ0) is 15.2. The third-order valence-electron chi connectivity index (χ3n) is 3.57. The van der Waals surface area contributed by atoms with Crippen molar-refractivity contribution in [2.24, 2.45) is 0 Å². The van der Waals surface area contributed by atoms with Gasteiger partial charge in [0.25, 0.3) is 0 Å². The highest BCUT2D eigenvalue weighted by molar-refractivity contribution is 5.96. The summed E-state index contributed by atoms with van der Waals surface area (Å²) in [6.07, 6.45) is 0. The largest absolute Gasteiger partial charge is 0.463 e. The van der Waals surface area contributed by atoms with Gasteiger partial charge in [-0.1, -0.05) is 54.6 Å². The van der Waals surface area contributed by atoms with Gasteiger partial charge in [-0.25, -0.2) is 4.79 Å². The van der Waals surface area contributed by atoms with Crippen LogP contribution in [-0.4, -0.2) is 12.6 Å². The van der Waals surface area contributed by atoms with E-state index in [0.29, 0.717) is 12.2 Å². The van der Waals surface area contributed by atoms with Crippen LogP contribution in [0.25, 0.3) is 16.7 Å². The second kappa shape index (κ2) is 6.89. The molecule has 0 N–H and O–H groups in total. The van der Waals surface area contributed by atoms with E-state index in [-0.39, 0.29) is 5.97 Å². The number of carbonyl (C=O) groups excluding carboxylic acids is 1. The fourth-order valence-electron chi connectivity index (χ4n) is 2.15. The molecule has 0 aliphatic carbocycles. The highest BCUT2D eigenvalue weighted by Gasteiger charge is 2.10. The number of carbonyl (C=O) groups is 1. The van der Waals surface area contributed by atoms with Gasteiger partial charge in [-0.15, -0.1) is 0 Å². The molecule has 2 aromatic carbocycles. The smallest absolute Gasteiger partial charge is 0.333 e. The van der Waals surface area contributed by atoms with Gasteiger partial charge in [-0.3, -0.25) is 0 Å². The Kier molecular flexibility index (Phi) is 4.94. The molecular formula is C19H20O2. The summed E-state index contributed by atoms with van der Waals surface area (Å²) in [6, 6.07) is 18.5. The van der Waals surface area contributed by atoms with Gasteiger partial charge in [0, 0.05) is 5.57 Å². The molecule has 0 heterocycles. The van der Waals surface area contributed by atoms with Crippen molar-refractivity contribution in [2.75, 3.05) is 6.61 Å². The molecule has 0 spiro atoms. The number of ether oxygens (including phenoxy) is 1. The molecule has 0 fully saturated rings. The Labute approximate surface area is 126 Å². The first kappa shape index (κ1) is 15.0. The maximum Gasteiger partial charge on any atom is 0.333 e. The molecule has 2 rings (SSSR count). The van der Waals surface area contributed by atoms with E-state index in [9.17, 15) is 4.79 Å². The van der Waals surface area contributed by atoms with E-state index in [1.807, 2.05) is 44.2 Å². The van der Waals surface area contributed by atoms with Crippen LogP contribution in [0.2, 0.25) is 0 Å². The van der Waals surface area contributed by atoms with E-state index in [4.69, 9.17) is 4.74 Å². The molecule has 0 saturated heterocycles. The van der Waals surface area contributed by atoms with Gasteiger partial charge in [0.1, 0.15) is 0 Å². The summed E-state index contributed by atoms with van der Waals surface area (Å²) < 4.78 is 5.04. The normalized spacial score (nSPS) is 11.8. The van der Waals surface area contributed by atoms with E-state index in [1.54, 1.807) is 6.92 Å². The van der Waals surface area contributed by atoms with E-state index >= 15 is 0 Å². The lowest BCUT2D eigenvalue weighted by atomic mass is 9.98. The minimum atomic E-state index is -0.248. The Morgan fingerprint density at radius 3 is 2.05 bits per heavy atom. The lowest BCUT2D eigenvalue weighted by molar-refractivity contribution is -0.138. The van der Waals surface area contributed by atoms with Crippen molar-refractivity contribution in [1.29, 1.82) is 0 Å². The Morgan fingerprint density at radius 2 is 1.48 bits per heavy atom. The molecule has 108 valence electrons. The van der Waals surface area contributed by atoms with Crippen molar-refractivity contribution in [2.45, 2.75) is 20.8 Å². The highest BCUT2D eigenvalue weighted by atomic mass is 16.5. The average molecular weight is 280 g/mol. The molecule has 0 aromatic heterocycles. The van der Waals surface area contributed by atoms with Crippen LogP contribution >= 0.6 is 0 Å². The molecule has 0 bridgehead atoms. The predicted octanol–water partition coefficient (Wildman–Crippen LogP) is 4.71. The van der Waals surface area contributed by atoms with Crippen LogP contribution in [0.3, 0.4) is 0 Å². The van der Waals surface area contributed by atoms with Crippen molar-refractivity contribution in [1.82, 2.24) is 0 Å². The number of rotatable bonds is 4. The van der Waals surface area contributed by atoms with Crippen LogP contribution in [0, 0.1) is 0 Å². The second-order valence-electron chi connectivity index (χ2n) is 4.91. The first-order valence-electron chi connectivity index (χ1n) is 7.14. The molecule has 0 amide bonds. The fraction of sp³-hybridized carbons (Fsp3) is 0.211. The summed E-state index contributed by atoms with van der Waals surface area (Å²) in [5.41, 5.74) is 5.01. The summed E-state index contributed by atoms with van der Waals surface area (Å²) in [7, 11) is 0. The second-order valence-corrected chi connectivity index (χ2v) is 4.91. The summed E-state index contributed by atoms with van der Waals surface area (Å²) in [5, 5.41) is 0. The molecule has 2 nitrogen and oxygen atoms in total. The van der Waals surface area contributed by atoms with Gasteiger partial charge in [-0.2, -0.15) is 0 Å². The van der Waals surface area contributed by atoms with Gasteiger partial charge < -0.3 is 4.74 Å². The lowest BCUT2D eigenvalue weighted by Gasteiger charge is -2.09. The lowest BCUT2D eigenvalue weighted by Crippen LogP contribution is -2.06. The third kappa shape index (κ3) is 3.60. The number of allylic oxidation sites excluding steroid dienone is 1. The van der Waals surface area contributed by atoms with Gasteiger partial charge in [0.15, 0.2) is 0 Å². The molecule has 0 aliphatic heterocycles. The van der Waals surface area contributed by atoms with Gasteiger partial charge >= 0.3 is 5.97 Å². The Morgan fingerprint density at radius 1 is 0.905 bits per heavy atom. The molecule has 0 atom stereocenters. The number of benzene rings is 2. The monoisotopic (exact) mass is 280 g/mol. The molecule has 2 heteroatoms. The van der Waals surface area contributed by atoms with Gasteiger partial charge in [0.05, 0.1) is 6.61 Å². The first-order valence-corrected chi connectivity index (χ1v) is 7.14. The van der Waals surface area contributed by atoms with Crippen molar-refractivity contribution in [3.63, 3.8) is 0 Å². The Bertz CT molecular complexity index is 637. The van der Waals surface area contributed by atoms with Crippen molar-refractivity contribution in [3.05, 3.63) is 65.7 Å². The van der Waals surface area contributed by atoms with Crippen LogP contribution in [0.5, 0.6) is 0 Å². The van der Waals surface area contributed by atoms with Crippen molar-refractivity contribution in [3.8, 4) is 11.1 Å². The van der Waals surface area contributed by atoms with Crippen molar-refractivity contribution >= 4 is 11.5 Å². The highest BCUT2D eigenvalue weighted by Crippen LogP contribution is 2.24. The molecule has 0 radical (unpaired) electrons. The van der Waals surface area contributed by atoms with E-state index < -0.39 is 0 Å². The van der Waals surface area contributed by atoms with Crippen LogP contribution in [0.15, 0.2) is 60.2 Å². The van der Waals surface area contributed by atoms with E-state index in [2.05, 4.69) is 24.3 Å². The molecule has 21 heavy (non-hydrogen) atoms. The van der Waals surface area contributed by atoms with Crippen LogP contribution in [0.4, 0.5) is 0 Å². The molecule has 2 aromatic rings. The molecule has 0 saturated carbocycles. The zero-order valence-electron chi connectivity index (χ0n) is 12.7. The maximum atomic E-state index is 11.8. The van der Waals surface area contributed by atoms with Crippen molar-refractivity contribution < 1.29 is 9.53 Å². The maximum absolute atomic E-state index is 11.8. The molecule has 0 unspecified atom stereocenters. The number of esters is 1. The van der Waals surface area contributed by atoms with E-state index in [0.717, 1.165) is 11.1 Å². The Balaban J connectivity index is 2.27.